The Kier molecular flexibility index (Phi) is 6.72. The van der Waals surface area contributed by atoms with E-state index in [2.05, 4.69) is 11.1 Å². The largest absolute Gasteiger partial charge is 0.491 e. The summed E-state index contributed by atoms with van der Waals surface area (Å²) >= 11 is 1.40. The minimum atomic E-state index is -0.371. The van der Waals surface area contributed by atoms with Gasteiger partial charge in [0.25, 0.3) is 5.91 Å². The molecule has 0 aliphatic heterocycles. The Hall–Kier alpha value is -2.93. The van der Waals surface area contributed by atoms with E-state index < -0.39 is 0 Å². The van der Waals surface area contributed by atoms with Crippen molar-refractivity contribution in [3.05, 3.63) is 57.9 Å². The van der Waals surface area contributed by atoms with Crippen molar-refractivity contribution in [3.8, 4) is 5.75 Å². The van der Waals surface area contributed by atoms with Crippen LogP contribution in [-0.2, 0) is 16.1 Å². The quantitative estimate of drug-likeness (QED) is 0.548. The Morgan fingerprint density at radius 1 is 1.13 bits per heavy atom. The fourth-order valence-electron chi connectivity index (χ4n) is 3.19. The van der Waals surface area contributed by atoms with Gasteiger partial charge in [-0.25, -0.2) is 0 Å². The zero-order valence-corrected chi connectivity index (χ0v) is 18.7. The normalized spacial score (nSPS) is 11.9. The number of thiazole rings is 1. The first kappa shape index (κ1) is 21.8. The predicted molar refractivity (Wildman–Crippen MR) is 118 cm³/mol. The van der Waals surface area contributed by atoms with Crippen molar-refractivity contribution in [2.75, 3.05) is 6.61 Å². The van der Waals surface area contributed by atoms with Crippen molar-refractivity contribution in [2.45, 2.75) is 47.3 Å². The number of esters is 1. The van der Waals surface area contributed by atoms with E-state index in [9.17, 15) is 9.59 Å². The van der Waals surface area contributed by atoms with Gasteiger partial charge in [-0.15, -0.1) is 0 Å². The van der Waals surface area contributed by atoms with Gasteiger partial charge in [-0.1, -0.05) is 17.4 Å². The molecule has 0 N–H and O–H groups in total. The summed E-state index contributed by atoms with van der Waals surface area (Å²) in [4.78, 5) is 29.8. The minimum Gasteiger partial charge on any atom is -0.491 e. The number of hydrogen-bond acceptors (Lipinski definition) is 5. The van der Waals surface area contributed by atoms with Crippen LogP contribution in [0, 0.1) is 13.8 Å². The Morgan fingerprint density at radius 2 is 1.83 bits per heavy atom. The molecule has 0 saturated carbocycles. The van der Waals surface area contributed by atoms with Gasteiger partial charge in [0.15, 0.2) is 4.80 Å². The van der Waals surface area contributed by atoms with Crippen LogP contribution in [0.15, 0.2) is 41.4 Å². The highest BCUT2D eigenvalue weighted by atomic mass is 32.1. The number of nitrogens with zero attached hydrogens (tertiary/aromatic N) is 2. The maximum absolute atomic E-state index is 12.8. The summed E-state index contributed by atoms with van der Waals surface area (Å²) in [5.74, 6) is -0.0306. The van der Waals surface area contributed by atoms with E-state index in [1.165, 1.54) is 11.3 Å². The fraction of sp³-hybridized carbons (Fsp3) is 0.348. The molecule has 0 saturated heterocycles. The van der Waals surface area contributed by atoms with Crippen molar-refractivity contribution in [2.24, 2.45) is 4.99 Å². The van der Waals surface area contributed by atoms with Crippen LogP contribution in [0.25, 0.3) is 10.2 Å². The highest BCUT2D eigenvalue weighted by molar-refractivity contribution is 7.16. The van der Waals surface area contributed by atoms with Crippen molar-refractivity contribution in [1.82, 2.24) is 4.57 Å². The molecule has 3 aromatic rings. The second-order valence-electron chi connectivity index (χ2n) is 7.31. The number of carbonyl (C=O) groups is 2. The summed E-state index contributed by atoms with van der Waals surface area (Å²) in [5, 5.41) is 0. The molecule has 0 aliphatic rings. The van der Waals surface area contributed by atoms with Gasteiger partial charge >= 0.3 is 5.97 Å². The van der Waals surface area contributed by atoms with Gasteiger partial charge in [-0.05, 0) is 76.1 Å². The van der Waals surface area contributed by atoms with Crippen molar-refractivity contribution in [3.63, 3.8) is 0 Å². The number of benzene rings is 2. The van der Waals surface area contributed by atoms with Gasteiger partial charge in [0.2, 0.25) is 0 Å². The van der Waals surface area contributed by atoms with Gasteiger partial charge in [-0.2, -0.15) is 4.99 Å². The predicted octanol–water partition coefficient (Wildman–Crippen LogP) is 4.41. The van der Waals surface area contributed by atoms with E-state index in [0.29, 0.717) is 22.7 Å². The van der Waals surface area contributed by atoms with Crippen LogP contribution in [0.2, 0.25) is 0 Å². The standard InChI is InChI=1S/C23H26N2O4S/c1-6-28-20(26)13-25-19-12-15(4)11-16(5)21(19)30-23(25)24-22(27)17-7-9-18(10-8-17)29-14(2)3/h7-12,14H,6,13H2,1-5H3. The number of amides is 1. The topological polar surface area (TPSA) is 69.9 Å². The Labute approximate surface area is 179 Å². The summed E-state index contributed by atoms with van der Waals surface area (Å²) in [7, 11) is 0. The molecular weight excluding hydrogens is 400 g/mol. The molecule has 0 bridgehead atoms. The maximum Gasteiger partial charge on any atom is 0.326 e. The van der Waals surface area contributed by atoms with Gasteiger partial charge in [-0.3, -0.25) is 9.59 Å². The van der Waals surface area contributed by atoms with Crippen LogP contribution in [0.1, 0.15) is 42.3 Å². The molecule has 6 nitrogen and oxygen atoms in total. The molecule has 0 atom stereocenters. The van der Waals surface area contributed by atoms with E-state index in [1.54, 1.807) is 35.8 Å². The highest BCUT2D eigenvalue weighted by Gasteiger charge is 2.15. The third-order valence-electron chi connectivity index (χ3n) is 4.38. The van der Waals surface area contributed by atoms with E-state index >= 15 is 0 Å². The first-order valence-corrected chi connectivity index (χ1v) is 10.7. The van der Waals surface area contributed by atoms with Crippen LogP contribution in [0.4, 0.5) is 0 Å². The molecular formula is C23H26N2O4S. The number of rotatable bonds is 6. The monoisotopic (exact) mass is 426 g/mol. The Bertz CT molecular complexity index is 1140. The zero-order valence-electron chi connectivity index (χ0n) is 17.9. The van der Waals surface area contributed by atoms with Crippen LogP contribution in [0.5, 0.6) is 5.75 Å². The summed E-state index contributed by atoms with van der Waals surface area (Å²) in [6.45, 7) is 9.98. The smallest absolute Gasteiger partial charge is 0.326 e. The van der Waals surface area contributed by atoms with Gasteiger partial charge in [0, 0.05) is 5.56 Å². The second kappa shape index (κ2) is 9.26. The molecule has 3 rings (SSSR count). The Morgan fingerprint density at radius 3 is 2.47 bits per heavy atom. The molecule has 30 heavy (non-hydrogen) atoms. The number of hydrogen-bond donors (Lipinski definition) is 0. The van der Waals surface area contributed by atoms with Gasteiger partial charge in [0.05, 0.1) is 22.9 Å². The van der Waals surface area contributed by atoms with Crippen LogP contribution >= 0.6 is 11.3 Å². The summed E-state index contributed by atoms with van der Waals surface area (Å²) in [5.41, 5.74) is 3.49. The lowest BCUT2D eigenvalue weighted by molar-refractivity contribution is -0.143. The molecule has 1 amide bonds. The van der Waals surface area contributed by atoms with Crippen LogP contribution in [-0.4, -0.2) is 29.2 Å². The average molecular weight is 427 g/mol. The molecule has 0 unspecified atom stereocenters. The maximum atomic E-state index is 12.8. The Balaban J connectivity index is 2.04. The zero-order chi connectivity index (χ0) is 21.8. The van der Waals surface area contributed by atoms with Crippen molar-refractivity contribution in [1.29, 1.82) is 0 Å². The number of carbonyl (C=O) groups excluding carboxylic acids is 2. The molecule has 0 fully saturated rings. The van der Waals surface area contributed by atoms with Crippen LogP contribution in [0.3, 0.4) is 0 Å². The fourth-order valence-corrected chi connectivity index (χ4v) is 4.26. The number of ether oxygens (including phenoxy) is 2. The summed E-state index contributed by atoms with van der Waals surface area (Å²) in [6.07, 6.45) is 0.0586. The van der Waals surface area contributed by atoms with Crippen molar-refractivity contribution >= 4 is 33.4 Å². The lowest BCUT2D eigenvalue weighted by Crippen LogP contribution is -2.23. The van der Waals surface area contributed by atoms with E-state index in [1.807, 2.05) is 33.8 Å². The van der Waals surface area contributed by atoms with Crippen molar-refractivity contribution < 1.29 is 19.1 Å². The number of aromatic nitrogens is 1. The first-order valence-electron chi connectivity index (χ1n) is 9.90. The van der Waals surface area contributed by atoms with E-state index in [4.69, 9.17) is 9.47 Å². The molecule has 0 radical (unpaired) electrons. The molecule has 7 heteroatoms. The summed E-state index contributed by atoms with van der Waals surface area (Å²) < 4.78 is 13.5. The lowest BCUT2D eigenvalue weighted by Gasteiger charge is -2.09. The lowest BCUT2D eigenvalue weighted by atomic mass is 10.1. The molecule has 1 heterocycles. The van der Waals surface area contributed by atoms with E-state index in [0.717, 1.165) is 21.3 Å². The third kappa shape index (κ3) is 4.97. The molecule has 1 aromatic heterocycles. The van der Waals surface area contributed by atoms with Gasteiger partial charge < -0.3 is 14.0 Å². The second-order valence-corrected chi connectivity index (χ2v) is 8.29. The van der Waals surface area contributed by atoms with Crippen LogP contribution < -0.4 is 9.54 Å². The SMILES string of the molecule is CCOC(=O)Cn1c(=NC(=O)c2ccc(OC(C)C)cc2)sc2c(C)cc(C)cc21. The summed E-state index contributed by atoms with van der Waals surface area (Å²) in [6, 6.07) is 11.0. The first-order chi connectivity index (χ1) is 14.3. The molecule has 2 aromatic carbocycles. The highest BCUT2D eigenvalue weighted by Crippen LogP contribution is 2.24. The molecule has 0 aliphatic carbocycles. The average Bonchev–Trinajstić information content (AvgIpc) is 2.99. The third-order valence-corrected chi connectivity index (χ3v) is 5.61. The van der Waals surface area contributed by atoms with E-state index in [-0.39, 0.29) is 24.5 Å². The minimum absolute atomic E-state index is 0.00398. The molecule has 158 valence electrons. The number of aryl methyl sites for hydroxylation is 2. The van der Waals surface area contributed by atoms with Gasteiger partial charge in [0.1, 0.15) is 12.3 Å². The number of fused-ring (bicyclic) bond motifs is 1. The molecule has 0 spiro atoms.